The molecule has 0 amide bonds. The van der Waals surface area contributed by atoms with Crippen molar-refractivity contribution in [1.29, 1.82) is 0 Å². The minimum atomic E-state index is -4.79. The van der Waals surface area contributed by atoms with Gasteiger partial charge < -0.3 is 20.2 Å². The Morgan fingerprint density at radius 3 is 2.62 bits per heavy atom. The van der Waals surface area contributed by atoms with Crippen LogP contribution in [0.4, 0.5) is 18.9 Å². The molecule has 0 atom stereocenters. The van der Waals surface area contributed by atoms with Gasteiger partial charge in [0.15, 0.2) is 11.7 Å². The Labute approximate surface area is 147 Å². The molecule has 136 valence electrons. The Morgan fingerprint density at radius 1 is 1.12 bits per heavy atom. The lowest BCUT2D eigenvalue weighted by Crippen LogP contribution is -2.24. The summed E-state index contributed by atoms with van der Waals surface area (Å²) in [6.07, 6.45) is -4.28. The number of nitrogens with two attached hydrogens (primary N) is 1. The standard InChI is InChI=1S/C18H16F3N3O2/c19-18(20,21)26-16-8-4-2-6-14(16)24-17(22)23-10-9-13-11-12-5-1-3-7-15(12)25-13/h1-8,11H,9-10H2,(H3,22,23,24). The summed E-state index contributed by atoms with van der Waals surface area (Å²) in [5.41, 5.74) is 6.62. The van der Waals surface area contributed by atoms with Gasteiger partial charge in [-0.15, -0.1) is 13.2 Å². The lowest BCUT2D eigenvalue weighted by molar-refractivity contribution is -0.274. The molecule has 0 saturated heterocycles. The van der Waals surface area contributed by atoms with E-state index in [1.807, 2.05) is 30.3 Å². The molecule has 3 rings (SSSR count). The van der Waals surface area contributed by atoms with Crippen LogP contribution in [0.25, 0.3) is 11.0 Å². The first-order chi connectivity index (χ1) is 12.4. The molecule has 0 fully saturated rings. The van der Waals surface area contributed by atoms with E-state index < -0.39 is 6.36 Å². The van der Waals surface area contributed by atoms with E-state index in [4.69, 9.17) is 10.2 Å². The Kier molecular flexibility index (Phi) is 5.01. The van der Waals surface area contributed by atoms with Crippen molar-refractivity contribution >= 4 is 22.6 Å². The van der Waals surface area contributed by atoms with E-state index in [0.29, 0.717) is 13.0 Å². The molecule has 0 radical (unpaired) electrons. The first-order valence-electron chi connectivity index (χ1n) is 7.80. The van der Waals surface area contributed by atoms with Crippen LogP contribution in [-0.2, 0) is 6.42 Å². The van der Waals surface area contributed by atoms with E-state index in [0.717, 1.165) is 16.7 Å². The van der Waals surface area contributed by atoms with E-state index in [-0.39, 0.29) is 17.4 Å². The van der Waals surface area contributed by atoms with Crippen LogP contribution >= 0.6 is 0 Å². The van der Waals surface area contributed by atoms with E-state index in [2.05, 4.69) is 15.0 Å². The highest BCUT2D eigenvalue weighted by molar-refractivity contribution is 5.93. The average molecular weight is 363 g/mol. The predicted molar refractivity (Wildman–Crippen MR) is 93.2 cm³/mol. The molecule has 0 aliphatic heterocycles. The molecule has 0 aliphatic carbocycles. The maximum atomic E-state index is 12.4. The van der Waals surface area contributed by atoms with Gasteiger partial charge in [-0.3, -0.25) is 4.99 Å². The molecule has 0 spiro atoms. The second-order valence-electron chi connectivity index (χ2n) is 5.44. The van der Waals surface area contributed by atoms with Gasteiger partial charge in [0.25, 0.3) is 0 Å². The van der Waals surface area contributed by atoms with Crippen LogP contribution in [0.5, 0.6) is 5.75 Å². The van der Waals surface area contributed by atoms with Gasteiger partial charge >= 0.3 is 6.36 Å². The van der Waals surface area contributed by atoms with Crippen molar-refractivity contribution in [2.24, 2.45) is 10.7 Å². The van der Waals surface area contributed by atoms with Crippen molar-refractivity contribution < 1.29 is 22.3 Å². The molecule has 0 aliphatic rings. The number of anilines is 1. The molecule has 1 heterocycles. The molecule has 26 heavy (non-hydrogen) atoms. The Bertz CT molecular complexity index is 886. The number of nitrogens with zero attached hydrogens (tertiary/aromatic N) is 1. The second kappa shape index (κ2) is 7.38. The fraction of sp³-hybridized carbons (Fsp3) is 0.167. The van der Waals surface area contributed by atoms with Gasteiger partial charge in [0.05, 0.1) is 5.69 Å². The van der Waals surface area contributed by atoms with Crippen molar-refractivity contribution in [2.75, 3.05) is 11.9 Å². The van der Waals surface area contributed by atoms with Gasteiger partial charge in [-0.05, 0) is 24.3 Å². The summed E-state index contributed by atoms with van der Waals surface area (Å²) in [5.74, 6) is 0.360. The van der Waals surface area contributed by atoms with Gasteiger partial charge in [-0.1, -0.05) is 30.3 Å². The van der Waals surface area contributed by atoms with Crippen LogP contribution in [-0.4, -0.2) is 18.9 Å². The molecule has 8 heteroatoms. The topological polar surface area (TPSA) is 72.8 Å². The van der Waals surface area contributed by atoms with Gasteiger partial charge in [0.2, 0.25) is 0 Å². The van der Waals surface area contributed by atoms with Gasteiger partial charge in [0.1, 0.15) is 11.3 Å². The number of hydrogen-bond donors (Lipinski definition) is 2. The van der Waals surface area contributed by atoms with E-state index >= 15 is 0 Å². The molecule has 0 unspecified atom stereocenters. The summed E-state index contributed by atoms with van der Waals surface area (Å²) < 4.78 is 46.9. The third-order valence-electron chi connectivity index (χ3n) is 3.49. The average Bonchev–Trinajstić information content (AvgIpc) is 2.98. The van der Waals surface area contributed by atoms with Gasteiger partial charge in [0, 0.05) is 18.4 Å². The zero-order valence-electron chi connectivity index (χ0n) is 13.6. The molecule has 3 N–H and O–H groups in total. The number of rotatable bonds is 5. The number of guanidine groups is 1. The smallest absolute Gasteiger partial charge is 0.461 e. The number of alkyl halides is 3. The fourth-order valence-electron chi connectivity index (χ4n) is 2.41. The SMILES string of the molecule is NC(=NCCc1cc2ccccc2o1)Nc1ccccc1OC(F)(F)F. The number of fused-ring (bicyclic) bond motifs is 1. The predicted octanol–water partition coefficient (Wildman–Crippen LogP) is 4.30. The first-order valence-corrected chi connectivity index (χ1v) is 7.80. The zero-order chi connectivity index (χ0) is 18.6. The summed E-state index contributed by atoms with van der Waals surface area (Å²) in [7, 11) is 0. The molecular weight excluding hydrogens is 347 g/mol. The van der Waals surface area contributed by atoms with Crippen LogP contribution < -0.4 is 15.8 Å². The van der Waals surface area contributed by atoms with Crippen molar-refractivity contribution in [1.82, 2.24) is 0 Å². The molecule has 0 saturated carbocycles. The minimum absolute atomic E-state index is 0.0145. The second-order valence-corrected chi connectivity index (χ2v) is 5.44. The Hall–Kier alpha value is -3.16. The van der Waals surface area contributed by atoms with Gasteiger partial charge in [-0.25, -0.2) is 0 Å². The number of nitrogens with one attached hydrogen (secondary N) is 1. The fourth-order valence-corrected chi connectivity index (χ4v) is 2.41. The van der Waals surface area contributed by atoms with Crippen molar-refractivity contribution in [3.05, 3.63) is 60.4 Å². The lowest BCUT2D eigenvalue weighted by Gasteiger charge is -2.14. The number of halogens is 3. The highest BCUT2D eigenvalue weighted by Crippen LogP contribution is 2.29. The van der Waals surface area contributed by atoms with E-state index in [1.165, 1.54) is 18.2 Å². The van der Waals surface area contributed by atoms with Crippen LogP contribution in [0.2, 0.25) is 0 Å². The van der Waals surface area contributed by atoms with Crippen molar-refractivity contribution in [2.45, 2.75) is 12.8 Å². The van der Waals surface area contributed by atoms with Crippen molar-refractivity contribution in [3.63, 3.8) is 0 Å². The highest BCUT2D eigenvalue weighted by Gasteiger charge is 2.32. The summed E-state index contributed by atoms with van der Waals surface area (Å²) >= 11 is 0. The number of benzene rings is 2. The summed E-state index contributed by atoms with van der Waals surface area (Å²) in [6.45, 7) is 0.320. The first kappa shape index (κ1) is 17.7. The number of furan rings is 1. The molecule has 2 aromatic carbocycles. The quantitative estimate of drug-likeness (QED) is 0.524. The number of ether oxygens (including phenoxy) is 1. The summed E-state index contributed by atoms with van der Waals surface area (Å²) in [4.78, 5) is 4.11. The third-order valence-corrected chi connectivity index (χ3v) is 3.49. The van der Waals surface area contributed by atoms with Crippen LogP contribution in [0.15, 0.2) is 64.0 Å². The number of aliphatic imine (C=N–C) groups is 1. The summed E-state index contributed by atoms with van der Waals surface area (Å²) in [6, 6.07) is 15.1. The maximum Gasteiger partial charge on any atom is 0.573 e. The summed E-state index contributed by atoms with van der Waals surface area (Å²) in [5, 5.41) is 3.61. The highest BCUT2D eigenvalue weighted by atomic mass is 19.4. The van der Waals surface area contributed by atoms with Crippen LogP contribution in [0.3, 0.4) is 0 Å². The lowest BCUT2D eigenvalue weighted by atomic mass is 10.2. The van der Waals surface area contributed by atoms with Crippen LogP contribution in [0.1, 0.15) is 5.76 Å². The van der Waals surface area contributed by atoms with E-state index in [9.17, 15) is 13.2 Å². The molecule has 1 aromatic heterocycles. The van der Waals surface area contributed by atoms with Gasteiger partial charge in [-0.2, -0.15) is 0 Å². The molecule has 0 bridgehead atoms. The minimum Gasteiger partial charge on any atom is -0.461 e. The number of para-hydroxylation sites is 3. The normalized spacial score (nSPS) is 12.3. The largest absolute Gasteiger partial charge is 0.573 e. The zero-order valence-corrected chi connectivity index (χ0v) is 13.6. The Balaban J connectivity index is 1.62. The third kappa shape index (κ3) is 4.69. The molecule has 3 aromatic rings. The monoisotopic (exact) mass is 363 g/mol. The number of hydrogen-bond acceptors (Lipinski definition) is 3. The molecule has 5 nitrogen and oxygen atoms in total. The van der Waals surface area contributed by atoms with Crippen molar-refractivity contribution in [3.8, 4) is 5.75 Å². The van der Waals surface area contributed by atoms with E-state index in [1.54, 1.807) is 6.07 Å². The Morgan fingerprint density at radius 2 is 1.85 bits per heavy atom. The maximum absolute atomic E-state index is 12.4. The van der Waals surface area contributed by atoms with Crippen LogP contribution in [0, 0.1) is 0 Å². The molecular formula is C18H16F3N3O2.